The molecule has 0 saturated carbocycles. The minimum atomic E-state index is -0.190. The van der Waals surface area contributed by atoms with Crippen molar-refractivity contribution in [1.29, 1.82) is 0 Å². The molecule has 2 aromatic rings. The van der Waals surface area contributed by atoms with Crippen LogP contribution in [0.2, 0.25) is 0 Å². The minimum absolute atomic E-state index is 0.190. The highest BCUT2D eigenvalue weighted by Gasteiger charge is 2.02. The number of aryl methyl sites for hydroxylation is 1. The van der Waals surface area contributed by atoms with E-state index in [2.05, 4.69) is 36.7 Å². The first kappa shape index (κ1) is 12.6. The van der Waals surface area contributed by atoms with E-state index in [1.807, 2.05) is 12.1 Å². The van der Waals surface area contributed by atoms with E-state index < -0.39 is 0 Å². The van der Waals surface area contributed by atoms with Crippen molar-refractivity contribution in [2.45, 2.75) is 26.9 Å². The predicted molar refractivity (Wildman–Crippen MR) is 71.9 cm³/mol. The Balaban J connectivity index is 2.28. The van der Waals surface area contributed by atoms with Crippen molar-refractivity contribution >= 4 is 16.7 Å². The fourth-order valence-electron chi connectivity index (χ4n) is 1.95. The third-order valence-electron chi connectivity index (χ3n) is 2.89. The monoisotopic (exact) mass is 243 g/mol. The molecular formula is C15H17NO2. The maximum absolute atomic E-state index is 10.8. The fraction of sp³-hybridized carbons (Fsp3) is 0.267. The van der Waals surface area contributed by atoms with Crippen molar-refractivity contribution < 1.29 is 9.63 Å². The third-order valence-corrected chi connectivity index (χ3v) is 2.89. The molecule has 94 valence electrons. The number of benzene rings is 2. The smallest absolute Gasteiger partial charge is 0.240 e. The van der Waals surface area contributed by atoms with E-state index in [1.54, 1.807) is 0 Å². The van der Waals surface area contributed by atoms with Crippen LogP contribution in [-0.2, 0) is 22.7 Å². The molecule has 3 heteroatoms. The van der Waals surface area contributed by atoms with Crippen LogP contribution in [0.25, 0.3) is 10.8 Å². The SMILES string of the molecule is CCc1ccc2cccc(CONC(C)=O)c2c1. The molecule has 0 aromatic heterocycles. The van der Waals surface area contributed by atoms with Crippen LogP contribution in [0, 0.1) is 0 Å². The van der Waals surface area contributed by atoms with E-state index in [4.69, 9.17) is 4.84 Å². The summed E-state index contributed by atoms with van der Waals surface area (Å²) in [4.78, 5) is 15.9. The summed E-state index contributed by atoms with van der Waals surface area (Å²) >= 11 is 0. The van der Waals surface area contributed by atoms with Gasteiger partial charge < -0.3 is 0 Å². The lowest BCUT2D eigenvalue weighted by Crippen LogP contribution is -2.19. The summed E-state index contributed by atoms with van der Waals surface area (Å²) in [6.07, 6.45) is 1.01. The maximum atomic E-state index is 10.8. The second-order valence-corrected chi connectivity index (χ2v) is 4.27. The lowest BCUT2D eigenvalue weighted by Gasteiger charge is -2.08. The molecule has 0 atom stereocenters. The molecule has 0 aliphatic heterocycles. The van der Waals surface area contributed by atoms with Gasteiger partial charge in [-0.25, -0.2) is 5.48 Å². The van der Waals surface area contributed by atoms with Gasteiger partial charge in [0.1, 0.15) is 6.61 Å². The van der Waals surface area contributed by atoms with Gasteiger partial charge in [0.15, 0.2) is 0 Å². The van der Waals surface area contributed by atoms with Crippen molar-refractivity contribution in [2.24, 2.45) is 0 Å². The average molecular weight is 243 g/mol. The molecule has 1 N–H and O–H groups in total. The summed E-state index contributed by atoms with van der Waals surface area (Å²) < 4.78 is 0. The zero-order chi connectivity index (χ0) is 13.0. The Labute approximate surface area is 107 Å². The molecule has 18 heavy (non-hydrogen) atoms. The van der Waals surface area contributed by atoms with Gasteiger partial charge in [0, 0.05) is 6.92 Å². The number of nitrogens with one attached hydrogen (secondary N) is 1. The number of rotatable bonds is 4. The van der Waals surface area contributed by atoms with Crippen molar-refractivity contribution in [2.75, 3.05) is 0 Å². The highest BCUT2D eigenvalue weighted by molar-refractivity contribution is 5.86. The summed E-state index contributed by atoms with van der Waals surface area (Å²) in [5.74, 6) is -0.190. The molecule has 0 bridgehead atoms. The van der Waals surface area contributed by atoms with Gasteiger partial charge in [-0.05, 0) is 28.3 Å². The molecule has 2 rings (SSSR count). The normalized spacial score (nSPS) is 10.6. The highest BCUT2D eigenvalue weighted by atomic mass is 16.6. The van der Waals surface area contributed by atoms with Gasteiger partial charge in [0.05, 0.1) is 0 Å². The maximum Gasteiger partial charge on any atom is 0.240 e. The number of hydroxylamine groups is 1. The highest BCUT2D eigenvalue weighted by Crippen LogP contribution is 2.21. The lowest BCUT2D eigenvalue weighted by atomic mass is 10.0. The Hall–Kier alpha value is -1.87. The molecule has 0 aliphatic carbocycles. The number of fused-ring (bicyclic) bond motifs is 1. The zero-order valence-corrected chi connectivity index (χ0v) is 10.7. The summed E-state index contributed by atoms with van der Waals surface area (Å²) in [6, 6.07) is 12.5. The Morgan fingerprint density at radius 3 is 2.83 bits per heavy atom. The van der Waals surface area contributed by atoms with Crippen LogP contribution in [0.1, 0.15) is 25.0 Å². The van der Waals surface area contributed by atoms with Crippen LogP contribution in [0.4, 0.5) is 0 Å². The van der Waals surface area contributed by atoms with Crippen LogP contribution < -0.4 is 5.48 Å². The number of amides is 1. The van der Waals surface area contributed by atoms with E-state index in [0.29, 0.717) is 6.61 Å². The van der Waals surface area contributed by atoms with E-state index >= 15 is 0 Å². The first-order chi connectivity index (χ1) is 8.70. The Morgan fingerprint density at radius 2 is 2.11 bits per heavy atom. The number of hydrogen-bond acceptors (Lipinski definition) is 2. The quantitative estimate of drug-likeness (QED) is 0.838. The van der Waals surface area contributed by atoms with Gasteiger partial charge in [-0.15, -0.1) is 0 Å². The molecule has 0 fully saturated rings. The molecule has 2 aromatic carbocycles. The van der Waals surface area contributed by atoms with E-state index in [1.165, 1.54) is 23.3 Å². The average Bonchev–Trinajstić information content (AvgIpc) is 2.38. The first-order valence-electron chi connectivity index (χ1n) is 6.09. The van der Waals surface area contributed by atoms with Crippen LogP contribution >= 0.6 is 0 Å². The van der Waals surface area contributed by atoms with Gasteiger partial charge in [-0.1, -0.05) is 43.3 Å². The molecule has 0 radical (unpaired) electrons. The molecular weight excluding hydrogens is 226 g/mol. The summed E-state index contributed by atoms with van der Waals surface area (Å²) in [6.45, 7) is 3.94. The zero-order valence-electron chi connectivity index (χ0n) is 10.7. The molecule has 0 aliphatic rings. The van der Waals surface area contributed by atoms with Gasteiger partial charge in [0.25, 0.3) is 0 Å². The van der Waals surface area contributed by atoms with Crippen LogP contribution in [-0.4, -0.2) is 5.91 Å². The van der Waals surface area contributed by atoms with Gasteiger partial charge in [0.2, 0.25) is 5.91 Å². The number of carbonyl (C=O) groups excluding carboxylic acids is 1. The van der Waals surface area contributed by atoms with Gasteiger partial charge in [-0.3, -0.25) is 9.63 Å². The second-order valence-electron chi connectivity index (χ2n) is 4.27. The molecule has 0 heterocycles. The molecule has 3 nitrogen and oxygen atoms in total. The Morgan fingerprint density at radius 1 is 1.28 bits per heavy atom. The van der Waals surface area contributed by atoms with Crippen molar-refractivity contribution in [3.63, 3.8) is 0 Å². The van der Waals surface area contributed by atoms with Crippen molar-refractivity contribution in [1.82, 2.24) is 5.48 Å². The fourth-order valence-corrected chi connectivity index (χ4v) is 1.95. The standard InChI is InChI=1S/C15H17NO2/c1-3-12-7-8-13-5-4-6-14(15(13)9-12)10-18-16-11(2)17/h4-9H,3,10H2,1-2H3,(H,16,17). The van der Waals surface area contributed by atoms with Crippen LogP contribution in [0.3, 0.4) is 0 Å². The van der Waals surface area contributed by atoms with E-state index in [9.17, 15) is 4.79 Å². The molecule has 0 saturated heterocycles. The van der Waals surface area contributed by atoms with E-state index in [0.717, 1.165) is 12.0 Å². The van der Waals surface area contributed by atoms with Gasteiger partial charge >= 0.3 is 0 Å². The largest absolute Gasteiger partial charge is 0.273 e. The Kier molecular flexibility index (Phi) is 3.95. The summed E-state index contributed by atoms with van der Waals surface area (Å²) in [5.41, 5.74) is 4.73. The first-order valence-corrected chi connectivity index (χ1v) is 6.09. The molecule has 1 amide bonds. The topological polar surface area (TPSA) is 38.3 Å². The van der Waals surface area contributed by atoms with Crippen LogP contribution in [0.15, 0.2) is 36.4 Å². The van der Waals surface area contributed by atoms with E-state index in [-0.39, 0.29) is 5.91 Å². The van der Waals surface area contributed by atoms with Crippen LogP contribution in [0.5, 0.6) is 0 Å². The number of carbonyl (C=O) groups is 1. The number of hydrogen-bond donors (Lipinski definition) is 1. The predicted octanol–water partition coefficient (Wildman–Crippen LogP) is 2.97. The van der Waals surface area contributed by atoms with Crippen molar-refractivity contribution in [3.05, 3.63) is 47.5 Å². The van der Waals surface area contributed by atoms with Gasteiger partial charge in [-0.2, -0.15) is 0 Å². The summed E-state index contributed by atoms with van der Waals surface area (Å²) in [7, 11) is 0. The third kappa shape index (κ3) is 2.87. The minimum Gasteiger partial charge on any atom is -0.273 e. The summed E-state index contributed by atoms with van der Waals surface area (Å²) in [5, 5.41) is 2.37. The molecule has 0 spiro atoms. The lowest BCUT2D eigenvalue weighted by molar-refractivity contribution is -0.132. The molecule has 0 unspecified atom stereocenters. The Bertz CT molecular complexity index is 563. The second kappa shape index (κ2) is 5.65. The van der Waals surface area contributed by atoms with Crippen molar-refractivity contribution in [3.8, 4) is 0 Å².